The Morgan fingerprint density at radius 2 is 2.24 bits per heavy atom. The first-order valence-electron chi connectivity index (χ1n) is 5.80. The van der Waals surface area contributed by atoms with E-state index in [1.807, 2.05) is 0 Å². The lowest BCUT2D eigenvalue weighted by atomic mass is 10.2. The second kappa shape index (κ2) is 6.97. The van der Waals surface area contributed by atoms with Crippen molar-refractivity contribution in [2.24, 2.45) is 5.92 Å². The van der Waals surface area contributed by atoms with Crippen LogP contribution in [0.2, 0.25) is 0 Å². The van der Waals surface area contributed by atoms with E-state index >= 15 is 0 Å². The van der Waals surface area contributed by atoms with Gasteiger partial charge in [0.05, 0.1) is 12.3 Å². The van der Waals surface area contributed by atoms with Crippen LogP contribution in [-0.4, -0.2) is 23.0 Å². The maximum atomic E-state index is 13.0. The van der Waals surface area contributed by atoms with Crippen LogP contribution in [0.5, 0.6) is 0 Å². The minimum Gasteiger partial charge on any atom is -0.298 e. The molecule has 1 aromatic rings. The van der Waals surface area contributed by atoms with E-state index in [0.29, 0.717) is 25.4 Å². The topological polar surface area (TPSA) is 39.9 Å². The molecule has 0 aromatic carbocycles. The van der Waals surface area contributed by atoms with Gasteiger partial charge < -0.3 is 0 Å². The predicted octanol–water partition coefficient (Wildman–Crippen LogP) is 2.59. The average Bonchev–Trinajstić information content (AvgIpc) is 2.25. The molecule has 0 atom stereocenters. The number of nitriles is 1. The SMILES string of the molecule is CC(C)CN(CCC#N)Cc1cncc(F)c1. The van der Waals surface area contributed by atoms with Gasteiger partial charge in [-0.15, -0.1) is 0 Å². The van der Waals surface area contributed by atoms with Crippen LogP contribution in [0.25, 0.3) is 0 Å². The number of halogens is 1. The summed E-state index contributed by atoms with van der Waals surface area (Å²) >= 11 is 0. The fraction of sp³-hybridized carbons (Fsp3) is 0.538. The number of aromatic nitrogens is 1. The molecule has 1 heterocycles. The van der Waals surface area contributed by atoms with Crippen molar-refractivity contribution in [2.75, 3.05) is 13.1 Å². The summed E-state index contributed by atoms with van der Waals surface area (Å²) in [5.74, 6) is 0.211. The largest absolute Gasteiger partial charge is 0.298 e. The molecule has 0 aliphatic rings. The molecule has 0 amide bonds. The predicted molar refractivity (Wildman–Crippen MR) is 64.5 cm³/mol. The van der Waals surface area contributed by atoms with Gasteiger partial charge in [0, 0.05) is 32.3 Å². The molecule has 0 fully saturated rings. The zero-order valence-corrected chi connectivity index (χ0v) is 10.4. The first kappa shape index (κ1) is 13.6. The number of nitrogens with zero attached hydrogens (tertiary/aromatic N) is 3. The number of pyridine rings is 1. The first-order chi connectivity index (χ1) is 8.11. The summed E-state index contributed by atoms with van der Waals surface area (Å²) in [6.45, 7) is 6.51. The number of hydrogen-bond acceptors (Lipinski definition) is 3. The highest BCUT2D eigenvalue weighted by atomic mass is 19.1. The molecule has 1 rings (SSSR count). The Balaban J connectivity index is 2.61. The third-order valence-corrected chi connectivity index (χ3v) is 2.33. The van der Waals surface area contributed by atoms with Crippen LogP contribution < -0.4 is 0 Å². The summed E-state index contributed by atoms with van der Waals surface area (Å²) in [5.41, 5.74) is 0.851. The van der Waals surface area contributed by atoms with E-state index in [1.165, 1.54) is 12.3 Å². The highest BCUT2D eigenvalue weighted by molar-refractivity contribution is 5.09. The Morgan fingerprint density at radius 3 is 2.82 bits per heavy atom. The van der Waals surface area contributed by atoms with Crippen LogP contribution in [-0.2, 0) is 6.54 Å². The molecule has 0 saturated heterocycles. The Kier molecular flexibility index (Phi) is 5.58. The molecular formula is C13H18FN3. The summed E-state index contributed by atoms with van der Waals surface area (Å²) in [5, 5.41) is 8.61. The zero-order valence-electron chi connectivity index (χ0n) is 10.4. The van der Waals surface area contributed by atoms with Gasteiger partial charge in [-0.3, -0.25) is 9.88 Å². The Labute approximate surface area is 102 Å². The van der Waals surface area contributed by atoms with E-state index in [1.54, 1.807) is 6.20 Å². The molecule has 0 spiro atoms. The summed E-state index contributed by atoms with van der Waals surface area (Å²) in [7, 11) is 0. The van der Waals surface area contributed by atoms with Gasteiger partial charge in [-0.25, -0.2) is 4.39 Å². The second-order valence-electron chi connectivity index (χ2n) is 4.55. The van der Waals surface area contributed by atoms with Crippen molar-refractivity contribution in [3.8, 4) is 6.07 Å². The van der Waals surface area contributed by atoms with Gasteiger partial charge in [-0.1, -0.05) is 13.8 Å². The molecule has 92 valence electrons. The maximum absolute atomic E-state index is 13.0. The highest BCUT2D eigenvalue weighted by Gasteiger charge is 2.08. The zero-order chi connectivity index (χ0) is 12.7. The molecule has 0 aliphatic carbocycles. The smallest absolute Gasteiger partial charge is 0.141 e. The molecule has 0 radical (unpaired) electrons. The van der Waals surface area contributed by atoms with E-state index < -0.39 is 0 Å². The Bertz CT molecular complexity index is 384. The van der Waals surface area contributed by atoms with Gasteiger partial charge in [0.2, 0.25) is 0 Å². The molecule has 3 nitrogen and oxygen atoms in total. The fourth-order valence-electron chi connectivity index (χ4n) is 1.76. The minimum atomic E-state index is -0.313. The second-order valence-corrected chi connectivity index (χ2v) is 4.55. The molecule has 0 saturated carbocycles. The van der Waals surface area contributed by atoms with Gasteiger partial charge in [-0.05, 0) is 17.5 Å². The van der Waals surface area contributed by atoms with Crippen molar-refractivity contribution in [3.05, 3.63) is 29.8 Å². The van der Waals surface area contributed by atoms with Gasteiger partial charge in [0.1, 0.15) is 5.82 Å². The van der Waals surface area contributed by atoms with Gasteiger partial charge in [0.15, 0.2) is 0 Å². The van der Waals surface area contributed by atoms with Gasteiger partial charge in [0.25, 0.3) is 0 Å². The van der Waals surface area contributed by atoms with Crippen molar-refractivity contribution >= 4 is 0 Å². The lowest BCUT2D eigenvalue weighted by Gasteiger charge is -2.23. The van der Waals surface area contributed by atoms with Crippen molar-refractivity contribution in [2.45, 2.75) is 26.8 Å². The van der Waals surface area contributed by atoms with Crippen molar-refractivity contribution < 1.29 is 4.39 Å². The summed E-state index contributed by atoms with van der Waals surface area (Å²) in [6, 6.07) is 3.63. The van der Waals surface area contributed by atoms with Crippen molar-refractivity contribution in [1.29, 1.82) is 5.26 Å². The molecule has 0 bridgehead atoms. The first-order valence-corrected chi connectivity index (χ1v) is 5.80. The van der Waals surface area contributed by atoms with E-state index in [0.717, 1.165) is 12.1 Å². The van der Waals surface area contributed by atoms with Crippen molar-refractivity contribution in [1.82, 2.24) is 9.88 Å². The van der Waals surface area contributed by atoms with E-state index in [-0.39, 0.29) is 5.82 Å². The minimum absolute atomic E-state index is 0.313. The normalized spacial score (nSPS) is 10.8. The maximum Gasteiger partial charge on any atom is 0.141 e. The van der Waals surface area contributed by atoms with Crippen LogP contribution in [0.1, 0.15) is 25.8 Å². The van der Waals surface area contributed by atoms with Crippen LogP contribution in [0, 0.1) is 23.1 Å². The number of hydrogen-bond donors (Lipinski definition) is 0. The number of rotatable bonds is 6. The van der Waals surface area contributed by atoms with Crippen LogP contribution in [0.3, 0.4) is 0 Å². The molecular weight excluding hydrogens is 217 g/mol. The summed E-state index contributed by atoms with van der Waals surface area (Å²) in [6.07, 6.45) is 3.36. The Hall–Kier alpha value is -1.47. The molecule has 0 N–H and O–H groups in total. The monoisotopic (exact) mass is 235 g/mol. The van der Waals surface area contributed by atoms with Gasteiger partial charge in [-0.2, -0.15) is 5.26 Å². The standard InChI is InChI=1S/C13H18FN3/c1-11(2)9-17(5-3-4-15)10-12-6-13(14)8-16-7-12/h6-8,11H,3,5,9-10H2,1-2H3. The van der Waals surface area contributed by atoms with Gasteiger partial charge >= 0.3 is 0 Å². The molecule has 0 unspecified atom stereocenters. The lowest BCUT2D eigenvalue weighted by molar-refractivity contribution is 0.240. The molecule has 0 aliphatic heterocycles. The van der Waals surface area contributed by atoms with Crippen LogP contribution in [0.4, 0.5) is 4.39 Å². The summed E-state index contributed by atoms with van der Waals surface area (Å²) < 4.78 is 13.0. The van der Waals surface area contributed by atoms with E-state index in [2.05, 4.69) is 29.8 Å². The van der Waals surface area contributed by atoms with Crippen LogP contribution in [0.15, 0.2) is 18.5 Å². The molecule has 1 aromatic heterocycles. The summed E-state index contributed by atoms with van der Waals surface area (Å²) in [4.78, 5) is 5.99. The molecule has 17 heavy (non-hydrogen) atoms. The van der Waals surface area contributed by atoms with E-state index in [4.69, 9.17) is 5.26 Å². The van der Waals surface area contributed by atoms with Crippen LogP contribution >= 0.6 is 0 Å². The van der Waals surface area contributed by atoms with Crippen molar-refractivity contribution in [3.63, 3.8) is 0 Å². The fourth-order valence-corrected chi connectivity index (χ4v) is 1.76. The average molecular weight is 235 g/mol. The quantitative estimate of drug-likeness (QED) is 0.761. The lowest BCUT2D eigenvalue weighted by Crippen LogP contribution is -2.28. The third-order valence-electron chi connectivity index (χ3n) is 2.33. The highest BCUT2D eigenvalue weighted by Crippen LogP contribution is 2.08. The Morgan fingerprint density at radius 1 is 1.47 bits per heavy atom. The molecule has 4 heteroatoms. The third kappa shape index (κ3) is 5.41. The van der Waals surface area contributed by atoms with E-state index in [9.17, 15) is 4.39 Å².